The first kappa shape index (κ1) is 21.7. The standard InChI is InChI=1S/C22H22N6O3S/c1-3-26-13-25(2)14-27(22(26)29)21-24-17-9-10-18(28(30)31)19(20(17)32-21)16(12-23)11-15-7-5-4-6-8-15/h4-10,16H,3,11,13-14H2,1-2H3. The van der Waals surface area contributed by atoms with Crippen LogP contribution in [-0.2, 0) is 6.42 Å². The van der Waals surface area contributed by atoms with Gasteiger partial charge < -0.3 is 4.90 Å². The lowest BCUT2D eigenvalue weighted by Crippen LogP contribution is -2.56. The van der Waals surface area contributed by atoms with Crippen LogP contribution in [0, 0.1) is 21.4 Å². The Morgan fingerprint density at radius 1 is 1.25 bits per heavy atom. The van der Waals surface area contributed by atoms with Gasteiger partial charge in [-0.15, -0.1) is 0 Å². The van der Waals surface area contributed by atoms with Crippen molar-refractivity contribution >= 4 is 38.4 Å². The molecule has 1 unspecified atom stereocenters. The lowest BCUT2D eigenvalue weighted by molar-refractivity contribution is -0.385. The van der Waals surface area contributed by atoms with Gasteiger partial charge in [0, 0.05) is 12.6 Å². The summed E-state index contributed by atoms with van der Waals surface area (Å²) in [6.45, 7) is 3.38. The Morgan fingerprint density at radius 3 is 2.66 bits per heavy atom. The van der Waals surface area contributed by atoms with Gasteiger partial charge in [0.05, 0.1) is 46.0 Å². The number of thiazole rings is 1. The Balaban J connectivity index is 1.82. The largest absolute Gasteiger partial charge is 0.328 e. The molecule has 0 N–H and O–H groups in total. The minimum Gasteiger partial charge on any atom is -0.312 e. The molecule has 0 saturated carbocycles. The van der Waals surface area contributed by atoms with Gasteiger partial charge in [0.15, 0.2) is 5.13 Å². The number of hydrogen-bond donors (Lipinski definition) is 0. The topological polar surface area (TPSA) is 107 Å². The molecule has 0 radical (unpaired) electrons. The first-order valence-corrected chi connectivity index (χ1v) is 11.0. The number of carbonyl (C=O) groups excluding carboxylic acids is 1. The Hall–Kier alpha value is -3.55. The molecule has 0 bridgehead atoms. The third kappa shape index (κ3) is 4.00. The zero-order valence-electron chi connectivity index (χ0n) is 17.8. The molecule has 9 nitrogen and oxygen atoms in total. The van der Waals surface area contributed by atoms with Crippen molar-refractivity contribution < 1.29 is 9.72 Å². The molecular weight excluding hydrogens is 428 g/mol. The van der Waals surface area contributed by atoms with E-state index >= 15 is 0 Å². The molecule has 164 valence electrons. The molecule has 0 spiro atoms. The summed E-state index contributed by atoms with van der Waals surface area (Å²) >= 11 is 1.22. The Morgan fingerprint density at radius 2 is 2.00 bits per heavy atom. The molecule has 3 aromatic rings. The summed E-state index contributed by atoms with van der Waals surface area (Å²) in [5.74, 6) is -0.721. The number of amides is 2. The van der Waals surface area contributed by atoms with Crippen LogP contribution in [0.25, 0.3) is 10.2 Å². The van der Waals surface area contributed by atoms with E-state index in [4.69, 9.17) is 0 Å². The van der Waals surface area contributed by atoms with Crippen molar-refractivity contribution in [1.82, 2.24) is 14.8 Å². The van der Waals surface area contributed by atoms with Gasteiger partial charge in [-0.2, -0.15) is 5.26 Å². The van der Waals surface area contributed by atoms with Crippen molar-refractivity contribution in [3.63, 3.8) is 0 Å². The van der Waals surface area contributed by atoms with E-state index < -0.39 is 10.8 Å². The highest BCUT2D eigenvalue weighted by Gasteiger charge is 2.33. The highest BCUT2D eigenvalue weighted by atomic mass is 32.1. The first-order chi connectivity index (χ1) is 15.4. The van der Waals surface area contributed by atoms with Gasteiger partial charge >= 0.3 is 6.03 Å². The van der Waals surface area contributed by atoms with Crippen LogP contribution in [0.3, 0.4) is 0 Å². The van der Waals surface area contributed by atoms with Crippen molar-refractivity contribution in [3.8, 4) is 6.07 Å². The van der Waals surface area contributed by atoms with Crippen molar-refractivity contribution in [1.29, 1.82) is 5.26 Å². The van der Waals surface area contributed by atoms with E-state index in [-0.39, 0.29) is 11.7 Å². The average molecular weight is 451 g/mol. The summed E-state index contributed by atoms with van der Waals surface area (Å²) in [4.78, 5) is 34.2. The normalized spacial score (nSPS) is 15.7. The van der Waals surface area contributed by atoms with Crippen molar-refractivity contribution in [2.24, 2.45) is 0 Å². The number of rotatable bonds is 6. The highest BCUT2D eigenvalue weighted by molar-refractivity contribution is 7.22. The van der Waals surface area contributed by atoms with E-state index in [1.54, 1.807) is 15.9 Å². The molecule has 1 aromatic heterocycles. The number of nitro groups is 1. The quantitative estimate of drug-likeness (QED) is 0.412. The van der Waals surface area contributed by atoms with E-state index in [1.807, 2.05) is 49.2 Å². The van der Waals surface area contributed by atoms with Crippen LogP contribution in [0.2, 0.25) is 0 Å². The SMILES string of the molecule is CCN1CN(C)CN(c2nc3ccc([N+](=O)[O-])c(C(C#N)Cc4ccccc4)c3s2)C1=O. The molecule has 1 saturated heterocycles. The molecule has 32 heavy (non-hydrogen) atoms. The highest BCUT2D eigenvalue weighted by Crippen LogP contribution is 2.41. The van der Waals surface area contributed by atoms with Crippen molar-refractivity contribution in [2.45, 2.75) is 19.3 Å². The van der Waals surface area contributed by atoms with Crippen molar-refractivity contribution in [3.05, 3.63) is 63.7 Å². The van der Waals surface area contributed by atoms with Crippen molar-refractivity contribution in [2.75, 3.05) is 31.8 Å². The smallest absolute Gasteiger partial charge is 0.312 e. The summed E-state index contributed by atoms with van der Waals surface area (Å²) in [6.07, 6.45) is 0.347. The maximum atomic E-state index is 12.9. The molecule has 4 rings (SSSR count). The van der Waals surface area contributed by atoms with E-state index in [1.165, 1.54) is 17.4 Å². The Labute approximate surface area is 189 Å². The van der Waals surface area contributed by atoms with E-state index in [0.29, 0.717) is 47.2 Å². The van der Waals surface area contributed by atoms with E-state index in [9.17, 15) is 20.2 Å². The molecule has 1 aliphatic heterocycles. The van der Waals surface area contributed by atoms with Gasteiger partial charge in [-0.05, 0) is 32.0 Å². The van der Waals surface area contributed by atoms with Crippen LogP contribution in [0.15, 0.2) is 42.5 Å². The number of anilines is 1. The lowest BCUT2D eigenvalue weighted by Gasteiger charge is -2.38. The summed E-state index contributed by atoms with van der Waals surface area (Å²) < 4.78 is 0.570. The fraction of sp³-hybridized carbons (Fsp3) is 0.318. The average Bonchev–Trinajstić information content (AvgIpc) is 3.23. The summed E-state index contributed by atoms with van der Waals surface area (Å²) in [5.41, 5.74) is 1.71. The van der Waals surface area contributed by atoms with Gasteiger partial charge in [0.2, 0.25) is 0 Å². The maximum Gasteiger partial charge on any atom is 0.328 e. The lowest BCUT2D eigenvalue weighted by atomic mass is 9.91. The molecule has 2 heterocycles. The number of carbonyl (C=O) groups is 1. The minimum absolute atomic E-state index is 0.104. The van der Waals surface area contributed by atoms with Crippen LogP contribution in [0.1, 0.15) is 24.0 Å². The second kappa shape index (κ2) is 8.90. The number of urea groups is 1. The zero-order chi connectivity index (χ0) is 22.8. The number of fused-ring (bicyclic) bond motifs is 1. The van der Waals surface area contributed by atoms with E-state index in [2.05, 4.69) is 11.1 Å². The predicted molar refractivity (Wildman–Crippen MR) is 123 cm³/mol. The maximum absolute atomic E-state index is 12.9. The molecule has 2 aromatic carbocycles. The first-order valence-electron chi connectivity index (χ1n) is 10.2. The second-order valence-electron chi connectivity index (χ2n) is 7.68. The number of nitriles is 1. The Bertz CT molecular complexity index is 1210. The van der Waals surface area contributed by atoms with Crippen LogP contribution in [-0.4, -0.2) is 52.7 Å². The summed E-state index contributed by atoms with van der Waals surface area (Å²) in [7, 11) is 1.91. The van der Waals surface area contributed by atoms with Crippen LogP contribution >= 0.6 is 11.3 Å². The molecule has 1 aliphatic rings. The molecule has 0 aliphatic carbocycles. The minimum atomic E-state index is -0.721. The third-order valence-corrected chi connectivity index (χ3v) is 6.58. The van der Waals surface area contributed by atoms with Gasteiger partial charge in [0.1, 0.15) is 0 Å². The number of nitro benzene ring substituents is 1. The second-order valence-corrected chi connectivity index (χ2v) is 8.65. The van der Waals surface area contributed by atoms with Gasteiger partial charge in [-0.25, -0.2) is 9.78 Å². The van der Waals surface area contributed by atoms with Crippen LogP contribution in [0.4, 0.5) is 15.6 Å². The Kier molecular flexibility index (Phi) is 6.03. The van der Waals surface area contributed by atoms with Gasteiger partial charge in [0.25, 0.3) is 5.69 Å². The number of aromatic nitrogens is 1. The van der Waals surface area contributed by atoms with Gasteiger partial charge in [-0.3, -0.25) is 19.9 Å². The molecule has 10 heteroatoms. The van der Waals surface area contributed by atoms with Crippen LogP contribution in [0.5, 0.6) is 0 Å². The number of hydrogen-bond acceptors (Lipinski definition) is 7. The fourth-order valence-electron chi connectivity index (χ4n) is 3.91. The molecule has 2 amide bonds. The number of benzene rings is 2. The monoisotopic (exact) mass is 450 g/mol. The van der Waals surface area contributed by atoms with Crippen LogP contribution < -0.4 is 4.90 Å². The zero-order valence-corrected chi connectivity index (χ0v) is 18.6. The number of nitrogens with zero attached hydrogens (tertiary/aromatic N) is 6. The molecular formula is C22H22N6O3S. The fourth-order valence-corrected chi connectivity index (χ4v) is 5.06. The predicted octanol–water partition coefficient (Wildman–Crippen LogP) is 4.16. The molecule has 1 atom stereocenters. The summed E-state index contributed by atoms with van der Waals surface area (Å²) in [6, 6.07) is 14.5. The summed E-state index contributed by atoms with van der Waals surface area (Å²) in [5, 5.41) is 22.2. The van der Waals surface area contributed by atoms with Gasteiger partial charge in [-0.1, -0.05) is 41.7 Å². The van der Waals surface area contributed by atoms with E-state index in [0.717, 1.165) is 5.56 Å². The molecule has 1 fully saturated rings. The third-order valence-electron chi connectivity index (χ3n) is 5.45.